The second-order valence-electron chi connectivity index (χ2n) is 7.40. The highest BCUT2D eigenvalue weighted by Gasteiger charge is 2.48. The Morgan fingerprint density at radius 1 is 1.41 bits per heavy atom. The lowest BCUT2D eigenvalue weighted by molar-refractivity contribution is -0.0665. The molecule has 5 N–H and O–H groups in total. The van der Waals surface area contributed by atoms with Crippen LogP contribution in [0.1, 0.15) is 39.8 Å². The SMILES string of the molecule is CCC(C)(C[C@H]1O[C@@H](n2cnc3c(=O)[nH]cnc32)[C@H](O)[C@@H]1O)OP(=O)(O)C(C)O. The van der Waals surface area contributed by atoms with Crippen LogP contribution in [-0.2, 0) is 13.8 Å². The molecule has 3 heterocycles. The molecule has 0 saturated carbocycles. The fourth-order valence-corrected chi connectivity index (χ4v) is 4.23. The van der Waals surface area contributed by atoms with Gasteiger partial charge in [-0.05, 0) is 20.3 Å². The van der Waals surface area contributed by atoms with Gasteiger partial charge in [0.2, 0.25) is 0 Å². The Bertz CT molecular complexity index is 977. The van der Waals surface area contributed by atoms with Gasteiger partial charge in [0.15, 0.2) is 23.2 Å². The third kappa shape index (κ3) is 4.15. The van der Waals surface area contributed by atoms with Crippen molar-refractivity contribution in [2.75, 3.05) is 0 Å². The molecule has 29 heavy (non-hydrogen) atoms. The highest BCUT2D eigenvalue weighted by molar-refractivity contribution is 7.53. The topological polar surface area (TPSA) is 180 Å². The summed E-state index contributed by atoms with van der Waals surface area (Å²) in [5.41, 5.74) is -1.44. The molecule has 1 fully saturated rings. The number of fused-ring (bicyclic) bond motifs is 1. The Balaban J connectivity index is 1.84. The van der Waals surface area contributed by atoms with Gasteiger partial charge in [-0.25, -0.2) is 9.97 Å². The maximum atomic E-state index is 12.1. The van der Waals surface area contributed by atoms with Crippen molar-refractivity contribution < 1.29 is 34.0 Å². The maximum Gasteiger partial charge on any atom is 0.356 e. The quantitative estimate of drug-likeness (QED) is 0.369. The number of nitrogens with one attached hydrogen (secondary N) is 1. The minimum atomic E-state index is -4.30. The third-order valence-electron chi connectivity index (χ3n) is 5.18. The molecule has 0 amide bonds. The van der Waals surface area contributed by atoms with Gasteiger partial charge in [-0.15, -0.1) is 0 Å². The monoisotopic (exact) mass is 432 g/mol. The van der Waals surface area contributed by atoms with Crippen LogP contribution >= 0.6 is 7.60 Å². The lowest BCUT2D eigenvalue weighted by atomic mass is 9.93. The average Bonchev–Trinajstić information content (AvgIpc) is 3.19. The predicted octanol–water partition coefficient (Wildman–Crippen LogP) is -0.162. The molecule has 162 valence electrons. The van der Waals surface area contributed by atoms with E-state index in [4.69, 9.17) is 9.26 Å². The molecule has 0 bridgehead atoms. The molecule has 0 radical (unpaired) electrons. The number of hydrogen-bond acceptors (Lipinski definition) is 9. The molecule has 1 saturated heterocycles. The van der Waals surface area contributed by atoms with Crippen LogP contribution in [0.3, 0.4) is 0 Å². The van der Waals surface area contributed by atoms with E-state index in [1.54, 1.807) is 13.8 Å². The minimum absolute atomic E-state index is 0.0316. The number of imidazole rings is 1. The largest absolute Gasteiger partial charge is 0.388 e. The number of nitrogens with zero attached hydrogens (tertiary/aromatic N) is 3. The van der Waals surface area contributed by atoms with Gasteiger partial charge in [0.25, 0.3) is 5.56 Å². The van der Waals surface area contributed by atoms with Gasteiger partial charge in [0.1, 0.15) is 12.2 Å². The van der Waals surface area contributed by atoms with Crippen molar-refractivity contribution in [3.05, 3.63) is 23.0 Å². The van der Waals surface area contributed by atoms with Crippen molar-refractivity contribution in [1.82, 2.24) is 19.5 Å². The second-order valence-corrected chi connectivity index (χ2v) is 9.46. The van der Waals surface area contributed by atoms with E-state index in [0.717, 1.165) is 6.92 Å². The lowest BCUT2D eigenvalue weighted by Gasteiger charge is -2.34. The van der Waals surface area contributed by atoms with E-state index in [-0.39, 0.29) is 24.0 Å². The molecular formula is C16H25N4O8P. The molecule has 3 rings (SSSR count). The third-order valence-corrected chi connectivity index (χ3v) is 6.83. The van der Waals surface area contributed by atoms with Crippen LogP contribution in [0.25, 0.3) is 11.2 Å². The number of rotatable bonds is 7. The van der Waals surface area contributed by atoms with Crippen molar-refractivity contribution in [3.63, 3.8) is 0 Å². The van der Waals surface area contributed by atoms with Crippen LogP contribution in [0.2, 0.25) is 0 Å². The number of hydrogen-bond donors (Lipinski definition) is 5. The van der Waals surface area contributed by atoms with Crippen LogP contribution in [-0.4, -0.2) is 69.5 Å². The zero-order valence-corrected chi connectivity index (χ0v) is 17.1. The van der Waals surface area contributed by atoms with Crippen LogP contribution in [0.5, 0.6) is 0 Å². The number of aromatic amines is 1. The summed E-state index contributed by atoms with van der Waals surface area (Å²) in [5.74, 6) is -1.58. The molecule has 2 aromatic rings. The molecule has 0 aliphatic carbocycles. The van der Waals surface area contributed by atoms with Crippen LogP contribution in [0.4, 0.5) is 0 Å². The van der Waals surface area contributed by atoms with Crippen molar-refractivity contribution in [1.29, 1.82) is 0 Å². The van der Waals surface area contributed by atoms with E-state index in [2.05, 4.69) is 15.0 Å². The molecule has 3 unspecified atom stereocenters. The van der Waals surface area contributed by atoms with Gasteiger partial charge in [-0.2, -0.15) is 0 Å². The zero-order valence-electron chi connectivity index (χ0n) is 16.2. The van der Waals surface area contributed by atoms with E-state index in [0.29, 0.717) is 0 Å². The first-order valence-corrected chi connectivity index (χ1v) is 10.8. The first kappa shape index (κ1) is 22.0. The van der Waals surface area contributed by atoms with Crippen molar-refractivity contribution in [3.8, 4) is 0 Å². The summed E-state index contributed by atoms with van der Waals surface area (Å²) < 4.78 is 24.6. The summed E-state index contributed by atoms with van der Waals surface area (Å²) in [5, 5.41) is 30.5. The van der Waals surface area contributed by atoms with Crippen LogP contribution in [0.15, 0.2) is 17.4 Å². The van der Waals surface area contributed by atoms with E-state index in [1.807, 2.05) is 0 Å². The van der Waals surface area contributed by atoms with Crippen molar-refractivity contribution >= 4 is 18.8 Å². The smallest absolute Gasteiger partial charge is 0.356 e. The van der Waals surface area contributed by atoms with Crippen LogP contribution < -0.4 is 5.56 Å². The van der Waals surface area contributed by atoms with E-state index in [1.165, 1.54) is 17.2 Å². The van der Waals surface area contributed by atoms with Crippen LogP contribution in [0, 0.1) is 0 Å². The van der Waals surface area contributed by atoms with Gasteiger partial charge in [-0.1, -0.05) is 6.92 Å². The summed E-state index contributed by atoms with van der Waals surface area (Å²) in [6, 6.07) is 0. The summed E-state index contributed by atoms with van der Waals surface area (Å²) in [6.45, 7) is 4.43. The van der Waals surface area contributed by atoms with E-state index >= 15 is 0 Å². The lowest BCUT2D eigenvalue weighted by Crippen LogP contribution is -2.38. The maximum absolute atomic E-state index is 12.1. The highest BCUT2D eigenvalue weighted by Crippen LogP contribution is 2.52. The Morgan fingerprint density at radius 3 is 2.72 bits per heavy atom. The van der Waals surface area contributed by atoms with Crippen molar-refractivity contribution in [2.45, 2.75) is 69.6 Å². The minimum Gasteiger partial charge on any atom is -0.388 e. The Kier molecular flexibility index (Phi) is 5.98. The normalized spacial score (nSPS) is 30.2. The number of aromatic nitrogens is 4. The summed E-state index contributed by atoms with van der Waals surface area (Å²) >= 11 is 0. The molecular weight excluding hydrogens is 407 g/mol. The number of aliphatic hydroxyl groups excluding tert-OH is 3. The molecule has 1 aliphatic heterocycles. The fourth-order valence-electron chi connectivity index (χ4n) is 3.24. The molecule has 12 nitrogen and oxygen atoms in total. The summed E-state index contributed by atoms with van der Waals surface area (Å²) in [4.78, 5) is 32.1. The van der Waals surface area contributed by atoms with Gasteiger partial charge in [0.05, 0.1) is 24.4 Å². The van der Waals surface area contributed by atoms with Gasteiger partial charge < -0.3 is 34.5 Å². The zero-order chi connectivity index (χ0) is 21.6. The highest BCUT2D eigenvalue weighted by atomic mass is 31.2. The molecule has 0 spiro atoms. The molecule has 2 aromatic heterocycles. The molecule has 13 heteroatoms. The van der Waals surface area contributed by atoms with Gasteiger partial charge in [-0.3, -0.25) is 13.9 Å². The Labute approximate surface area is 165 Å². The number of aliphatic hydroxyl groups is 3. The molecule has 0 aromatic carbocycles. The van der Waals surface area contributed by atoms with Gasteiger partial charge in [0, 0.05) is 6.42 Å². The van der Waals surface area contributed by atoms with Gasteiger partial charge >= 0.3 is 7.60 Å². The average molecular weight is 432 g/mol. The van der Waals surface area contributed by atoms with E-state index < -0.39 is 49.1 Å². The number of H-pyrrole nitrogens is 1. The Morgan fingerprint density at radius 2 is 2.10 bits per heavy atom. The summed E-state index contributed by atoms with van der Waals surface area (Å²) in [7, 11) is -4.30. The second kappa shape index (κ2) is 7.88. The van der Waals surface area contributed by atoms with E-state index in [9.17, 15) is 29.6 Å². The Hall–Kier alpha value is -1.66. The first-order valence-electron chi connectivity index (χ1n) is 9.12. The molecule has 7 atom stereocenters. The standard InChI is InChI=1S/C16H25N4O8P/c1-4-16(3,28-29(25,26)8(2)21)5-9-11(22)12(23)15(27-9)20-7-19-10-13(20)17-6-18-14(10)24/h6-9,11-12,15,21-23H,4-5H2,1-3H3,(H,25,26)(H,17,18,24)/t8?,9-,11-,12-,15-,16?/m1/s1. The summed E-state index contributed by atoms with van der Waals surface area (Å²) in [6.07, 6.45) is -2.01. The predicted molar refractivity (Wildman–Crippen MR) is 100.0 cm³/mol. The molecule has 1 aliphatic rings. The number of ether oxygens (including phenoxy) is 1. The van der Waals surface area contributed by atoms with Crippen molar-refractivity contribution in [2.24, 2.45) is 0 Å². The first-order chi connectivity index (χ1) is 13.5. The fraction of sp³-hybridized carbons (Fsp3) is 0.688.